The Hall–Kier alpha value is -4.38. The van der Waals surface area contributed by atoms with Crippen LogP contribution < -0.4 is 5.46 Å². The molecule has 0 unspecified atom stereocenters. The molecule has 1 saturated heterocycles. The highest BCUT2D eigenvalue weighted by atomic mass is 79.9. The van der Waals surface area contributed by atoms with Gasteiger partial charge in [-0.3, -0.25) is 4.98 Å². The number of nitrogens with zero attached hydrogens (tertiary/aromatic N) is 6. The highest BCUT2D eigenvalue weighted by Gasteiger charge is 2.51. The Kier molecular flexibility index (Phi) is 11.3. The molecular formula is C30H24BBrF6N6O2. The molecule has 0 N–H and O–H groups in total. The monoisotopic (exact) mass is 704 g/mol. The fourth-order valence-corrected chi connectivity index (χ4v) is 3.77. The van der Waals surface area contributed by atoms with Gasteiger partial charge in [0.15, 0.2) is 0 Å². The Bertz CT molecular complexity index is 1700. The van der Waals surface area contributed by atoms with Crippen molar-refractivity contribution >= 4 is 40.1 Å². The van der Waals surface area contributed by atoms with E-state index in [1.165, 1.54) is 24.4 Å². The van der Waals surface area contributed by atoms with Crippen LogP contribution in [0.15, 0.2) is 77.9 Å². The maximum atomic E-state index is 12.4. The highest BCUT2D eigenvalue weighted by molar-refractivity contribution is 9.10. The van der Waals surface area contributed by atoms with Crippen molar-refractivity contribution in [2.75, 3.05) is 0 Å². The molecule has 0 atom stereocenters. The molecule has 1 aliphatic rings. The summed E-state index contributed by atoms with van der Waals surface area (Å²) in [4.78, 5) is 21.3. The first-order valence-electron chi connectivity index (χ1n) is 13.1. The van der Waals surface area contributed by atoms with Crippen molar-refractivity contribution in [1.29, 1.82) is 0 Å². The molecule has 0 aromatic carbocycles. The number of hydrogen-bond donors (Lipinski definition) is 0. The molecule has 5 heterocycles. The minimum atomic E-state index is -4.40. The maximum absolute atomic E-state index is 12.4. The first-order valence-corrected chi connectivity index (χ1v) is 13.9. The molecule has 16 heteroatoms. The minimum Gasteiger partial charge on any atom is -0.399 e. The third kappa shape index (κ3) is 9.56. The minimum absolute atomic E-state index is 0.175. The summed E-state index contributed by atoms with van der Waals surface area (Å²) in [5.74, 6) is 0.534. The summed E-state index contributed by atoms with van der Waals surface area (Å²) in [6.45, 7) is 21.8. The average Bonchev–Trinajstić information content (AvgIpc) is 3.23. The molecule has 0 aliphatic carbocycles. The zero-order valence-electron chi connectivity index (χ0n) is 24.7. The van der Waals surface area contributed by atoms with Gasteiger partial charge in [0.1, 0.15) is 17.0 Å². The van der Waals surface area contributed by atoms with E-state index < -0.39 is 30.6 Å². The summed E-state index contributed by atoms with van der Waals surface area (Å²) in [5, 5.41) is 0. The van der Waals surface area contributed by atoms with E-state index in [1.54, 1.807) is 18.3 Å². The lowest BCUT2D eigenvalue weighted by molar-refractivity contribution is -0.138. The summed E-state index contributed by atoms with van der Waals surface area (Å²) in [6.07, 6.45) is -4.12. The molecular weight excluding hydrogens is 681 g/mol. The molecule has 0 spiro atoms. The van der Waals surface area contributed by atoms with Gasteiger partial charge in [0.05, 0.1) is 28.0 Å². The number of pyridine rings is 4. The van der Waals surface area contributed by atoms with Gasteiger partial charge < -0.3 is 19.0 Å². The lowest BCUT2D eigenvalue weighted by Gasteiger charge is -2.32. The highest BCUT2D eigenvalue weighted by Crippen LogP contribution is 2.36. The Morgan fingerprint density at radius 1 is 0.696 bits per heavy atom. The van der Waals surface area contributed by atoms with Crippen LogP contribution in [0.3, 0.4) is 0 Å². The lowest BCUT2D eigenvalue weighted by Crippen LogP contribution is -2.41. The van der Waals surface area contributed by atoms with Crippen LogP contribution >= 0.6 is 15.9 Å². The van der Waals surface area contributed by atoms with E-state index >= 15 is 0 Å². The molecule has 0 amide bonds. The van der Waals surface area contributed by atoms with Crippen LogP contribution in [0.2, 0.25) is 0 Å². The van der Waals surface area contributed by atoms with Crippen molar-refractivity contribution in [1.82, 2.24) is 19.9 Å². The van der Waals surface area contributed by atoms with Crippen LogP contribution in [0.4, 0.5) is 38.0 Å². The van der Waals surface area contributed by atoms with Gasteiger partial charge in [0.2, 0.25) is 0 Å². The SMILES string of the molecule is FC(F)(F)c1ccc(Br)nc1.[C-]#[N+]c1cc(-c2ccc(C(F)(F)F)cn2)ccn1.[C-]#[N+]c1cc(B2OC(C)(C)C(C)(C)O2)ccn1. The van der Waals surface area contributed by atoms with Crippen LogP contribution in [0.25, 0.3) is 20.9 Å². The average molecular weight is 705 g/mol. The molecule has 238 valence electrons. The molecule has 1 aliphatic heterocycles. The zero-order valence-corrected chi connectivity index (χ0v) is 26.2. The molecule has 5 rings (SSSR count). The predicted molar refractivity (Wildman–Crippen MR) is 162 cm³/mol. The molecule has 1 fully saturated rings. The predicted octanol–water partition coefficient (Wildman–Crippen LogP) is 8.51. The largest absolute Gasteiger partial charge is 0.493 e. The molecule has 4 aromatic rings. The summed E-state index contributed by atoms with van der Waals surface area (Å²) in [6, 6.07) is 11.0. The van der Waals surface area contributed by atoms with Gasteiger partial charge >= 0.3 is 19.5 Å². The first kappa shape index (κ1) is 36.1. The first-order chi connectivity index (χ1) is 21.4. The number of rotatable bonds is 2. The maximum Gasteiger partial charge on any atom is 0.493 e. The van der Waals surface area contributed by atoms with Crippen molar-refractivity contribution in [3.63, 3.8) is 0 Å². The van der Waals surface area contributed by atoms with Crippen LogP contribution in [-0.2, 0) is 21.7 Å². The number of alkyl halides is 6. The topological polar surface area (TPSA) is 78.7 Å². The third-order valence-electron chi connectivity index (χ3n) is 6.71. The summed E-state index contributed by atoms with van der Waals surface area (Å²) in [7, 11) is -0.427. The van der Waals surface area contributed by atoms with Gasteiger partial charge in [0.25, 0.3) is 11.6 Å². The van der Waals surface area contributed by atoms with Gasteiger partial charge in [-0.05, 0) is 103 Å². The summed E-state index contributed by atoms with van der Waals surface area (Å²) < 4.78 is 84.8. The van der Waals surface area contributed by atoms with Crippen molar-refractivity contribution in [2.45, 2.75) is 51.2 Å². The number of hydrogen-bond acceptors (Lipinski definition) is 6. The Morgan fingerprint density at radius 3 is 1.65 bits per heavy atom. The Morgan fingerprint density at radius 2 is 1.20 bits per heavy atom. The van der Waals surface area contributed by atoms with Gasteiger partial charge in [-0.2, -0.15) is 26.3 Å². The van der Waals surface area contributed by atoms with E-state index in [0.29, 0.717) is 21.7 Å². The van der Waals surface area contributed by atoms with Crippen LogP contribution in [0.5, 0.6) is 0 Å². The van der Waals surface area contributed by atoms with Gasteiger partial charge in [0, 0.05) is 12.4 Å². The quantitative estimate of drug-likeness (QED) is 0.0902. The molecule has 46 heavy (non-hydrogen) atoms. The van der Waals surface area contributed by atoms with E-state index in [9.17, 15) is 26.3 Å². The third-order valence-corrected chi connectivity index (χ3v) is 7.18. The van der Waals surface area contributed by atoms with E-state index in [0.717, 1.165) is 30.0 Å². The van der Waals surface area contributed by atoms with Crippen molar-refractivity contribution in [3.05, 3.63) is 112 Å². The van der Waals surface area contributed by atoms with E-state index in [1.807, 2.05) is 33.8 Å². The van der Waals surface area contributed by atoms with Crippen molar-refractivity contribution in [2.24, 2.45) is 0 Å². The van der Waals surface area contributed by atoms with Crippen LogP contribution in [0.1, 0.15) is 38.8 Å². The van der Waals surface area contributed by atoms with Crippen molar-refractivity contribution in [3.8, 4) is 11.3 Å². The Balaban J connectivity index is 0.000000194. The Labute approximate surface area is 269 Å². The molecule has 4 aromatic heterocycles. The van der Waals surface area contributed by atoms with Crippen LogP contribution in [-0.4, -0.2) is 38.3 Å². The fourth-order valence-electron chi connectivity index (χ4n) is 3.54. The van der Waals surface area contributed by atoms with E-state index in [-0.39, 0.29) is 17.0 Å². The number of halogens is 7. The summed E-state index contributed by atoms with van der Waals surface area (Å²) >= 11 is 2.93. The van der Waals surface area contributed by atoms with Crippen LogP contribution in [0, 0.1) is 13.1 Å². The lowest BCUT2D eigenvalue weighted by atomic mass is 9.80. The van der Waals surface area contributed by atoms with E-state index in [4.69, 9.17) is 22.5 Å². The summed E-state index contributed by atoms with van der Waals surface area (Å²) in [5.41, 5.74) is -0.491. The normalized spacial score (nSPS) is 14.9. The number of aromatic nitrogens is 4. The molecule has 0 radical (unpaired) electrons. The second-order valence-corrected chi connectivity index (χ2v) is 11.3. The van der Waals surface area contributed by atoms with Gasteiger partial charge in [-0.1, -0.05) is 13.1 Å². The molecule has 8 nitrogen and oxygen atoms in total. The molecule has 0 bridgehead atoms. The zero-order chi connectivity index (χ0) is 34.3. The fraction of sp³-hybridized carbons (Fsp3) is 0.267. The van der Waals surface area contributed by atoms with E-state index in [2.05, 4.69) is 45.6 Å². The molecule has 0 saturated carbocycles. The van der Waals surface area contributed by atoms with Gasteiger partial charge in [-0.25, -0.2) is 4.98 Å². The smallest absolute Gasteiger partial charge is 0.399 e. The second kappa shape index (κ2) is 14.4. The van der Waals surface area contributed by atoms with Gasteiger partial charge in [-0.15, -0.1) is 9.97 Å². The second-order valence-electron chi connectivity index (χ2n) is 10.5. The standard InChI is InChI=1S/C12H15BN2O2.C12H6F3N3.C6H3BrF3N/c1-11(2)12(3,4)17-13(16-11)9-6-7-15-10(8-9)14-5;1-16-11-6-8(4-5-17-11)10-3-2-9(7-18-10)12(13,14)15;7-5-2-1-4(3-11-5)6(8,9)10/h6-8H,1-4H3;2-7H;1-3H. The van der Waals surface area contributed by atoms with Crippen molar-refractivity contribution < 1.29 is 35.7 Å².